The Kier molecular flexibility index (Phi) is 6.63. The number of benzene rings is 3. The third-order valence-corrected chi connectivity index (χ3v) is 5.89. The van der Waals surface area contributed by atoms with Crippen molar-refractivity contribution in [2.45, 2.75) is 12.5 Å². The van der Waals surface area contributed by atoms with E-state index in [4.69, 9.17) is 0 Å². The lowest BCUT2D eigenvalue weighted by Crippen LogP contribution is -2.34. The molecule has 4 aromatic rings. The topological polar surface area (TPSA) is 100 Å². The Morgan fingerprint density at radius 1 is 1.06 bits per heavy atom. The van der Waals surface area contributed by atoms with Crippen molar-refractivity contribution in [3.8, 4) is 0 Å². The lowest BCUT2D eigenvalue weighted by atomic mass is 10.0. The van der Waals surface area contributed by atoms with Crippen molar-refractivity contribution >= 4 is 44.1 Å². The Morgan fingerprint density at radius 3 is 2.56 bits per heavy atom. The summed E-state index contributed by atoms with van der Waals surface area (Å²) >= 11 is 3.31. The van der Waals surface area contributed by atoms with Gasteiger partial charge in [0.2, 0.25) is 5.91 Å². The number of nitro groups is 1. The summed E-state index contributed by atoms with van der Waals surface area (Å²) in [5, 5.41) is 18.4. The van der Waals surface area contributed by atoms with E-state index in [-0.39, 0.29) is 11.6 Å². The lowest BCUT2D eigenvalue weighted by molar-refractivity contribution is -0.384. The second-order valence-corrected chi connectivity index (χ2v) is 8.17. The van der Waals surface area contributed by atoms with E-state index in [0.29, 0.717) is 16.7 Å². The molecule has 3 N–H and O–H groups in total. The van der Waals surface area contributed by atoms with Gasteiger partial charge in [0, 0.05) is 40.2 Å². The van der Waals surface area contributed by atoms with Gasteiger partial charge in [0.05, 0.1) is 10.6 Å². The predicted molar refractivity (Wildman–Crippen MR) is 129 cm³/mol. The Labute approximate surface area is 193 Å². The first kappa shape index (κ1) is 21.7. The Morgan fingerprint density at radius 2 is 1.81 bits per heavy atom. The fraction of sp³-hybridized carbons (Fsp3) is 0.125. The van der Waals surface area contributed by atoms with Crippen LogP contribution < -0.4 is 10.6 Å². The Bertz CT molecular complexity index is 1260. The lowest BCUT2D eigenvalue weighted by Gasteiger charge is -2.19. The highest BCUT2D eigenvalue weighted by Crippen LogP contribution is 2.28. The molecular weight excluding hydrogens is 472 g/mol. The van der Waals surface area contributed by atoms with Crippen molar-refractivity contribution in [1.29, 1.82) is 0 Å². The third kappa shape index (κ3) is 4.87. The summed E-state index contributed by atoms with van der Waals surface area (Å²) in [4.78, 5) is 26.9. The van der Waals surface area contributed by atoms with Crippen LogP contribution in [0.4, 0.5) is 11.4 Å². The fourth-order valence-electron chi connectivity index (χ4n) is 3.62. The second-order valence-electron chi connectivity index (χ2n) is 7.32. The molecule has 7 nitrogen and oxygen atoms in total. The van der Waals surface area contributed by atoms with Crippen molar-refractivity contribution < 1.29 is 9.72 Å². The predicted octanol–water partition coefficient (Wildman–Crippen LogP) is 5.35. The van der Waals surface area contributed by atoms with Gasteiger partial charge in [-0.15, -0.1) is 0 Å². The molecule has 162 valence electrons. The standard InChI is InChI=1S/C24H21BrN4O3/c25-20-14-18(29(31)32)10-11-22(20)28-24(30)23(16-6-2-1-3-7-16)26-13-12-17-15-27-21-9-5-4-8-19(17)21/h1-11,14-15,23,26-27H,12-13H2,(H,28,30)/t23-/m1/s1. The molecule has 1 heterocycles. The van der Waals surface area contributed by atoms with Gasteiger partial charge in [0.1, 0.15) is 6.04 Å². The van der Waals surface area contributed by atoms with E-state index in [1.807, 2.05) is 54.7 Å². The molecule has 0 bridgehead atoms. The van der Waals surface area contributed by atoms with Crippen LogP contribution in [0.15, 0.2) is 83.5 Å². The molecule has 0 saturated heterocycles. The Hall–Kier alpha value is -3.49. The largest absolute Gasteiger partial charge is 0.361 e. The van der Waals surface area contributed by atoms with Gasteiger partial charge in [-0.2, -0.15) is 0 Å². The molecule has 0 fully saturated rings. The van der Waals surface area contributed by atoms with Gasteiger partial charge in [-0.1, -0.05) is 48.5 Å². The number of carbonyl (C=O) groups is 1. The first-order chi connectivity index (χ1) is 15.5. The number of amides is 1. The fourth-order valence-corrected chi connectivity index (χ4v) is 4.09. The maximum Gasteiger partial charge on any atom is 0.270 e. The highest BCUT2D eigenvalue weighted by molar-refractivity contribution is 9.10. The quantitative estimate of drug-likeness (QED) is 0.228. The van der Waals surface area contributed by atoms with Crippen molar-refractivity contribution in [2.24, 2.45) is 0 Å². The van der Waals surface area contributed by atoms with Gasteiger partial charge >= 0.3 is 0 Å². The van der Waals surface area contributed by atoms with Crippen LogP contribution in [0.5, 0.6) is 0 Å². The number of anilines is 1. The normalized spacial score (nSPS) is 11.9. The van der Waals surface area contributed by atoms with E-state index in [1.54, 1.807) is 0 Å². The summed E-state index contributed by atoms with van der Waals surface area (Å²) < 4.78 is 0.450. The van der Waals surface area contributed by atoms with Crippen LogP contribution >= 0.6 is 15.9 Å². The number of halogens is 1. The number of aromatic nitrogens is 1. The number of hydrogen-bond donors (Lipinski definition) is 3. The number of rotatable bonds is 8. The number of aromatic amines is 1. The maximum absolute atomic E-state index is 13.2. The molecule has 1 aromatic heterocycles. The first-order valence-corrected chi connectivity index (χ1v) is 10.9. The number of nitro benzene ring substituents is 1. The molecule has 0 spiro atoms. The first-order valence-electron chi connectivity index (χ1n) is 10.1. The Balaban J connectivity index is 1.49. The van der Waals surface area contributed by atoms with Gasteiger partial charge in [0.25, 0.3) is 5.69 Å². The molecule has 0 aliphatic rings. The zero-order chi connectivity index (χ0) is 22.5. The summed E-state index contributed by atoms with van der Waals surface area (Å²) in [6, 6.07) is 21.3. The van der Waals surface area contributed by atoms with Gasteiger partial charge in [-0.05, 0) is 45.6 Å². The van der Waals surface area contributed by atoms with Crippen LogP contribution in [0.25, 0.3) is 10.9 Å². The van der Waals surface area contributed by atoms with E-state index in [2.05, 4.69) is 37.6 Å². The molecule has 0 unspecified atom stereocenters. The SMILES string of the molecule is O=C(Nc1ccc([N+](=O)[O-])cc1Br)[C@H](NCCc1c[nH]c2ccccc12)c1ccccc1. The molecule has 0 radical (unpaired) electrons. The minimum Gasteiger partial charge on any atom is -0.361 e. The summed E-state index contributed by atoms with van der Waals surface area (Å²) in [6.07, 6.45) is 2.75. The van der Waals surface area contributed by atoms with E-state index in [9.17, 15) is 14.9 Å². The molecule has 0 aliphatic heterocycles. The number of para-hydroxylation sites is 1. The summed E-state index contributed by atoms with van der Waals surface area (Å²) in [5.74, 6) is -0.246. The van der Waals surface area contributed by atoms with Gasteiger partial charge < -0.3 is 15.6 Å². The molecule has 8 heteroatoms. The number of nitrogens with zero attached hydrogens (tertiary/aromatic N) is 1. The van der Waals surface area contributed by atoms with E-state index >= 15 is 0 Å². The zero-order valence-electron chi connectivity index (χ0n) is 17.0. The van der Waals surface area contributed by atoms with Gasteiger partial charge in [0.15, 0.2) is 0 Å². The van der Waals surface area contributed by atoms with Crippen LogP contribution in [0.3, 0.4) is 0 Å². The number of hydrogen-bond acceptors (Lipinski definition) is 4. The van der Waals surface area contributed by atoms with Gasteiger partial charge in [-0.25, -0.2) is 0 Å². The highest BCUT2D eigenvalue weighted by atomic mass is 79.9. The van der Waals surface area contributed by atoms with Crippen LogP contribution in [0, 0.1) is 10.1 Å². The van der Waals surface area contributed by atoms with E-state index in [0.717, 1.165) is 17.5 Å². The average molecular weight is 493 g/mol. The van der Waals surface area contributed by atoms with Crippen LogP contribution in [0.1, 0.15) is 17.2 Å². The minimum absolute atomic E-state index is 0.0497. The third-order valence-electron chi connectivity index (χ3n) is 5.23. The van der Waals surface area contributed by atoms with Crippen LogP contribution in [-0.4, -0.2) is 22.4 Å². The molecule has 3 aromatic carbocycles. The highest BCUT2D eigenvalue weighted by Gasteiger charge is 2.21. The van der Waals surface area contributed by atoms with Crippen molar-refractivity contribution in [3.05, 3.63) is 105 Å². The van der Waals surface area contributed by atoms with Crippen molar-refractivity contribution in [2.75, 3.05) is 11.9 Å². The van der Waals surface area contributed by atoms with Gasteiger partial charge in [-0.3, -0.25) is 14.9 Å². The molecule has 32 heavy (non-hydrogen) atoms. The van der Waals surface area contributed by atoms with Crippen molar-refractivity contribution in [1.82, 2.24) is 10.3 Å². The maximum atomic E-state index is 13.2. The second kappa shape index (κ2) is 9.76. The zero-order valence-corrected chi connectivity index (χ0v) is 18.6. The minimum atomic E-state index is -0.580. The molecule has 0 aliphatic carbocycles. The van der Waals surface area contributed by atoms with E-state index < -0.39 is 11.0 Å². The number of carbonyl (C=O) groups excluding carboxylic acids is 1. The van der Waals surface area contributed by atoms with Crippen molar-refractivity contribution in [3.63, 3.8) is 0 Å². The summed E-state index contributed by atoms with van der Waals surface area (Å²) in [6.45, 7) is 0.594. The average Bonchev–Trinajstić information content (AvgIpc) is 3.21. The van der Waals surface area contributed by atoms with Crippen LogP contribution in [-0.2, 0) is 11.2 Å². The number of fused-ring (bicyclic) bond motifs is 1. The van der Waals surface area contributed by atoms with Crippen LogP contribution in [0.2, 0.25) is 0 Å². The smallest absolute Gasteiger partial charge is 0.270 e. The van der Waals surface area contributed by atoms with E-state index in [1.165, 1.54) is 29.1 Å². The number of non-ortho nitro benzene ring substituents is 1. The molecule has 4 rings (SSSR count). The number of nitrogens with one attached hydrogen (secondary N) is 3. The molecule has 1 atom stereocenters. The summed E-state index contributed by atoms with van der Waals surface area (Å²) in [7, 11) is 0. The molecular formula is C24H21BrN4O3. The monoisotopic (exact) mass is 492 g/mol. The summed E-state index contributed by atoms with van der Waals surface area (Å²) in [5.41, 5.74) is 3.52. The molecule has 0 saturated carbocycles. The molecule has 1 amide bonds. The number of H-pyrrole nitrogens is 1.